The number of nitrogens with two attached hydrogens (primary N) is 1. The van der Waals surface area contributed by atoms with E-state index in [2.05, 4.69) is 4.98 Å². The summed E-state index contributed by atoms with van der Waals surface area (Å²) in [6.07, 6.45) is 1.55. The predicted molar refractivity (Wildman–Crippen MR) is 68.7 cm³/mol. The second-order valence-electron chi connectivity index (χ2n) is 3.50. The second-order valence-corrected chi connectivity index (χ2v) is 4.65. The Kier molecular flexibility index (Phi) is 3.58. The lowest BCUT2D eigenvalue weighted by Gasteiger charge is -2.05. The second kappa shape index (κ2) is 5.32. The fourth-order valence-electron chi connectivity index (χ4n) is 1.39. The van der Waals surface area contributed by atoms with Crippen molar-refractivity contribution in [3.63, 3.8) is 0 Å². The molecule has 0 aliphatic rings. The van der Waals surface area contributed by atoms with E-state index < -0.39 is 4.92 Å². The number of nitrogen functional groups attached to an aromatic ring is 1. The quantitative estimate of drug-likeness (QED) is 0.675. The standard InChI is InChI=1S/C11H8N4O3S/c12-4-7-1-2-10(9(3-7)15(16)17)18-6-8-5-14-11(13)19-8/h1-3,5H,6H2,(H2,13,14). The van der Waals surface area contributed by atoms with Gasteiger partial charge in [0.2, 0.25) is 0 Å². The number of rotatable bonds is 4. The van der Waals surface area contributed by atoms with Gasteiger partial charge in [0.25, 0.3) is 0 Å². The van der Waals surface area contributed by atoms with Gasteiger partial charge in [0.05, 0.1) is 21.4 Å². The molecule has 0 spiro atoms. The summed E-state index contributed by atoms with van der Waals surface area (Å²) in [5, 5.41) is 20.0. The monoisotopic (exact) mass is 276 g/mol. The molecule has 0 amide bonds. The van der Waals surface area contributed by atoms with Crippen LogP contribution in [0.2, 0.25) is 0 Å². The number of hydrogen-bond acceptors (Lipinski definition) is 7. The summed E-state index contributed by atoms with van der Waals surface area (Å²) in [6.45, 7) is 0.140. The van der Waals surface area contributed by atoms with Crippen molar-refractivity contribution in [1.29, 1.82) is 5.26 Å². The number of nitro benzene ring substituents is 1. The van der Waals surface area contributed by atoms with E-state index in [1.165, 1.54) is 29.5 Å². The average molecular weight is 276 g/mol. The van der Waals surface area contributed by atoms with Gasteiger partial charge in [-0.05, 0) is 12.1 Å². The van der Waals surface area contributed by atoms with Crippen molar-refractivity contribution < 1.29 is 9.66 Å². The Balaban J connectivity index is 2.20. The number of aromatic nitrogens is 1. The fraction of sp³-hybridized carbons (Fsp3) is 0.0909. The Labute approximate surface area is 112 Å². The molecule has 0 unspecified atom stereocenters. The molecule has 7 nitrogen and oxygen atoms in total. The van der Waals surface area contributed by atoms with Gasteiger partial charge in [-0.3, -0.25) is 10.1 Å². The fourth-order valence-corrected chi connectivity index (χ4v) is 1.99. The van der Waals surface area contributed by atoms with Crippen molar-refractivity contribution in [3.8, 4) is 11.8 Å². The zero-order valence-corrected chi connectivity index (χ0v) is 10.4. The van der Waals surface area contributed by atoms with Crippen molar-refractivity contribution >= 4 is 22.2 Å². The number of hydrogen-bond donors (Lipinski definition) is 1. The maximum absolute atomic E-state index is 10.9. The Morgan fingerprint density at radius 2 is 2.37 bits per heavy atom. The average Bonchev–Trinajstić information content (AvgIpc) is 2.82. The molecule has 2 N–H and O–H groups in total. The van der Waals surface area contributed by atoms with Gasteiger partial charge in [0, 0.05) is 12.3 Å². The van der Waals surface area contributed by atoms with E-state index in [0.717, 1.165) is 4.88 Å². The highest BCUT2D eigenvalue weighted by Gasteiger charge is 2.16. The van der Waals surface area contributed by atoms with Crippen LogP contribution in [0.4, 0.5) is 10.8 Å². The maximum atomic E-state index is 10.9. The molecule has 0 aliphatic carbocycles. The largest absolute Gasteiger partial charge is 0.481 e. The van der Waals surface area contributed by atoms with E-state index in [1.807, 2.05) is 6.07 Å². The Morgan fingerprint density at radius 3 is 2.95 bits per heavy atom. The molecule has 0 fully saturated rings. The first kappa shape index (κ1) is 12.8. The number of nitro groups is 1. The van der Waals surface area contributed by atoms with Crippen molar-refractivity contribution in [3.05, 3.63) is 45.0 Å². The molecule has 0 saturated carbocycles. The summed E-state index contributed by atoms with van der Waals surface area (Å²) < 4.78 is 5.36. The zero-order chi connectivity index (χ0) is 13.8. The van der Waals surface area contributed by atoms with Crippen molar-refractivity contribution in [1.82, 2.24) is 4.98 Å². The molecule has 0 radical (unpaired) electrons. The first-order valence-electron chi connectivity index (χ1n) is 5.11. The third kappa shape index (κ3) is 2.97. The van der Waals surface area contributed by atoms with Crippen LogP contribution in [-0.4, -0.2) is 9.91 Å². The smallest absolute Gasteiger partial charge is 0.312 e. The minimum Gasteiger partial charge on any atom is -0.481 e. The molecule has 0 atom stereocenters. The van der Waals surface area contributed by atoms with E-state index >= 15 is 0 Å². The SMILES string of the molecule is N#Cc1ccc(OCc2cnc(N)s2)c([N+](=O)[O-])c1. The predicted octanol–water partition coefficient (Wildman–Crippen LogP) is 2.08. The molecule has 96 valence electrons. The highest BCUT2D eigenvalue weighted by Crippen LogP contribution is 2.29. The molecular formula is C11H8N4O3S. The normalized spacial score (nSPS) is 9.84. The van der Waals surface area contributed by atoms with Crippen LogP contribution in [0.15, 0.2) is 24.4 Å². The van der Waals surface area contributed by atoms with Gasteiger partial charge >= 0.3 is 5.69 Å². The van der Waals surface area contributed by atoms with E-state index in [0.29, 0.717) is 5.13 Å². The van der Waals surface area contributed by atoms with Crippen LogP contribution in [0.3, 0.4) is 0 Å². The summed E-state index contributed by atoms with van der Waals surface area (Å²) in [6, 6.07) is 5.88. The molecule has 0 saturated heterocycles. The molecular weight excluding hydrogens is 268 g/mol. The number of nitriles is 1. The molecule has 0 aliphatic heterocycles. The Hall–Kier alpha value is -2.66. The van der Waals surface area contributed by atoms with Gasteiger partial charge in [-0.1, -0.05) is 11.3 Å². The maximum Gasteiger partial charge on any atom is 0.312 e. The number of benzene rings is 1. The number of ether oxygens (including phenoxy) is 1. The highest BCUT2D eigenvalue weighted by molar-refractivity contribution is 7.15. The number of thiazole rings is 1. The van der Waals surface area contributed by atoms with Gasteiger partial charge in [0.1, 0.15) is 6.61 Å². The molecule has 0 bridgehead atoms. The van der Waals surface area contributed by atoms with E-state index in [1.54, 1.807) is 6.20 Å². The first-order valence-corrected chi connectivity index (χ1v) is 5.93. The molecule has 2 rings (SSSR count). The summed E-state index contributed by atoms with van der Waals surface area (Å²) in [5.41, 5.74) is 5.44. The third-order valence-corrected chi connectivity index (χ3v) is 3.03. The molecule has 1 heterocycles. The first-order chi connectivity index (χ1) is 9.10. The molecule has 19 heavy (non-hydrogen) atoms. The Bertz CT molecular complexity index is 662. The lowest BCUT2D eigenvalue weighted by atomic mass is 10.2. The number of nitrogens with zero attached hydrogens (tertiary/aromatic N) is 3. The van der Waals surface area contributed by atoms with Crippen LogP contribution in [0.1, 0.15) is 10.4 Å². The summed E-state index contributed by atoms with van der Waals surface area (Å²) >= 11 is 1.25. The minimum atomic E-state index is -0.586. The molecule has 1 aromatic heterocycles. The van der Waals surface area contributed by atoms with Crippen molar-refractivity contribution in [2.45, 2.75) is 6.61 Å². The zero-order valence-electron chi connectivity index (χ0n) is 9.57. The minimum absolute atomic E-state index is 0.107. The Morgan fingerprint density at radius 1 is 1.58 bits per heavy atom. The van der Waals surface area contributed by atoms with Crippen LogP contribution >= 0.6 is 11.3 Å². The summed E-state index contributed by atoms with van der Waals surface area (Å²) in [4.78, 5) is 14.9. The van der Waals surface area contributed by atoms with Crippen LogP contribution < -0.4 is 10.5 Å². The number of anilines is 1. The molecule has 8 heteroatoms. The van der Waals surface area contributed by atoms with Gasteiger partial charge in [-0.25, -0.2) is 4.98 Å². The summed E-state index contributed by atoms with van der Waals surface area (Å²) in [5.74, 6) is 0.107. The van der Waals surface area contributed by atoms with Crippen LogP contribution in [0.25, 0.3) is 0 Å². The van der Waals surface area contributed by atoms with Gasteiger partial charge in [-0.2, -0.15) is 5.26 Å². The molecule has 2 aromatic rings. The van der Waals surface area contributed by atoms with Crippen LogP contribution in [0.5, 0.6) is 5.75 Å². The van der Waals surface area contributed by atoms with Crippen molar-refractivity contribution in [2.24, 2.45) is 0 Å². The van der Waals surface area contributed by atoms with Crippen LogP contribution in [-0.2, 0) is 6.61 Å². The van der Waals surface area contributed by atoms with Crippen molar-refractivity contribution in [2.75, 3.05) is 5.73 Å². The lowest BCUT2D eigenvalue weighted by molar-refractivity contribution is -0.386. The van der Waals surface area contributed by atoms with E-state index in [9.17, 15) is 10.1 Å². The summed E-state index contributed by atoms with van der Waals surface area (Å²) in [7, 11) is 0. The topological polar surface area (TPSA) is 115 Å². The van der Waals surface area contributed by atoms with Crippen LogP contribution in [0, 0.1) is 21.4 Å². The molecule has 1 aromatic carbocycles. The van der Waals surface area contributed by atoms with Gasteiger partial charge in [0.15, 0.2) is 10.9 Å². The lowest BCUT2D eigenvalue weighted by Crippen LogP contribution is -1.98. The highest BCUT2D eigenvalue weighted by atomic mass is 32.1. The van der Waals surface area contributed by atoms with Gasteiger partial charge in [-0.15, -0.1) is 0 Å². The van der Waals surface area contributed by atoms with E-state index in [4.69, 9.17) is 15.7 Å². The van der Waals surface area contributed by atoms with E-state index in [-0.39, 0.29) is 23.6 Å². The van der Waals surface area contributed by atoms with Gasteiger partial charge < -0.3 is 10.5 Å². The third-order valence-electron chi connectivity index (χ3n) is 2.23.